The smallest absolute Gasteiger partial charge is 0.213 e. The van der Waals surface area contributed by atoms with Crippen molar-refractivity contribution in [3.05, 3.63) is 23.9 Å². The number of rotatable bonds is 8. The average molecular weight is 277 g/mol. The van der Waals surface area contributed by atoms with E-state index in [-0.39, 0.29) is 0 Å². The second-order valence-corrected chi connectivity index (χ2v) is 5.50. The molecule has 1 aromatic rings. The monoisotopic (exact) mass is 277 g/mol. The van der Waals surface area contributed by atoms with Crippen LogP contribution in [0.5, 0.6) is 5.88 Å². The molecule has 2 heterocycles. The van der Waals surface area contributed by atoms with Gasteiger partial charge in [-0.3, -0.25) is 4.90 Å². The molecular formula is C16H27N3O. The SMILES string of the molecule is CCCNC(C)c1ccc(OCCN2CCCC2)nc1. The lowest BCUT2D eigenvalue weighted by Crippen LogP contribution is -2.25. The van der Waals surface area contributed by atoms with Crippen molar-refractivity contribution in [1.82, 2.24) is 15.2 Å². The molecule has 0 radical (unpaired) electrons. The Balaban J connectivity index is 1.73. The number of nitrogens with zero attached hydrogens (tertiary/aromatic N) is 2. The van der Waals surface area contributed by atoms with E-state index in [0.717, 1.165) is 32.0 Å². The third-order valence-corrected chi connectivity index (χ3v) is 3.82. The fraction of sp³-hybridized carbons (Fsp3) is 0.688. The van der Waals surface area contributed by atoms with Crippen LogP contribution >= 0.6 is 0 Å². The molecule has 112 valence electrons. The molecule has 1 unspecified atom stereocenters. The van der Waals surface area contributed by atoms with E-state index >= 15 is 0 Å². The van der Waals surface area contributed by atoms with Crippen molar-refractivity contribution in [2.24, 2.45) is 0 Å². The Labute approximate surface area is 122 Å². The first-order valence-electron chi connectivity index (χ1n) is 7.84. The van der Waals surface area contributed by atoms with Crippen LogP contribution in [0.25, 0.3) is 0 Å². The number of aromatic nitrogens is 1. The van der Waals surface area contributed by atoms with Crippen molar-refractivity contribution in [1.29, 1.82) is 0 Å². The van der Waals surface area contributed by atoms with Gasteiger partial charge in [0.05, 0.1) is 0 Å². The van der Waals surface area contributed by atoms with E-state index < -0.39 is 0 Å². The number of ether oxygens (including phenoxy) is 1. The molecule has 0 aromatic carbocycles. The van der Waals surface area contributed by atoms with Crippen molar-refractivity contribution in [2.75, 3.05) is 32.8 Å². The van der Waals surface area contributed by atoms with Gasteiger partial charge in [-0.2, -0.15) is 0 Å². The van der Waals surface area contributed by atoms with E-state index in [1.807, 2.05) is 12.3 Å². The molecule has 0 bridgehead atoms. The Morgan fingerprint density at radius 3 is 2.80 bits per heavy atom. The molecular weight excluding hydrogens is 250 g/mol. The zero-order valence-electron chi connectivity index (χ0n) is 12.8. The second-order valence-electron chi connectivity index (χ2n) is 5.50. The van der Waals surface area contributed by atoms with Crippen LogP contribution in [0.15, 0.2) is 18.3 Å². The molecule has 1 aromatic heterocycles. The number of hydrogen-bond acceptors (Lipinski definition) is 4. The zero-order valence-corrected chi connectivity index (χ0v) is 12.8. The molecule has 2 rings (SSSR count). The molecule has 4 nitrogen and oxygen atoms in total. The highest BCUT2D eigenvalue weighted by atomic mass is 16.5. The summed E-state index contributed by atoms with van der Waals surface area (Å²) in [5, 5.41) is 3.46. The Hall–Kier alpha value is -1.13. The van der Waals surface area contributed by atoms with Gasteiger partial charge in [0.15, 0.2) is 0 Å². The van der Waals surface area contributed by atoms with E-state index in [0.29, 0.717) is 6.04 Å². The molecule has 0 amide bonds. The van der Waals surface area contributed by atoms with Gasteiger partial charge in [0.2, 0.25) is 5.88 Å². The van der Waals surface area contributed by atoms with Crippen LogP contribution < -0.4 is 10.1 Å². The first-order valence-corrected chi connectivity index (χ1v) is 7.84. The fourth-order valence-electron chi connectivity index (χ4n) is 2.50. The van der Waals surface area contributed by atoms with Crippen LogP contribution in [0.3, 0.4) is 0 Å². The van der Waals surface area contributed by atoms with Gasteiger partial charge >= 0.3 is 0 Å². The highest BCUT2D eigenvalue weighted by Gasteiger charge is 2.11. The number of likely N-dealkylation sites (tertiary alicyclic amines) is 1. The minimum atomic E-state index is 0.348. The van der Waals surface area contributed by atoms with Gasteiger partial charge in [-0.1, -0.05) is 13.0 Å². The second kappa shape index (κ2) is 8.22. The average Bonchev–Trinajstić information content (AvgIpc) is 2.99. The van der Waals surface area contributed by atoms with Crippen LogP contribution in [0, 0.1) is 0 Å². The van der Waals surface area contributed by atoms with Gasteiger partial charge < -0.3 is 10.1 Å². The molecule has 1 fully saturated rings. The van der Waals surface area contributed by atoms with Gasteiger partial charge in [0.25, 0.3) is 0 Å². The third kappa shape index (κ3) is 4.76. The van der Waals surface area contributed by atoms with Crippen LogP contribution in [0.2, 0.25) is 0 Å². The highest BCUT2D eigenvalue weighted by molar-refractivity contribution is 5.20. The molecule has 4 heteroatoms. The lowest BCUT2D eigenvalue weighted by molar-refractivity contribution is 0.232. The summed E-state index contributed by atoms with van der Waals surface area (Å²) in [7, 11) is 0. The summed E-state index contributed by atoms with van der Waals surface area (Å²) in [4.78, 5) is 6.84. The maximum atomic E-state index is 5.71. The molecule has 1 saturated heterocycles. The normalized spacial score (nSPS) is 17.3. The molecule has 1 atom stereocenters. The highest BCUT2D eigenvalue weighted by Crippen LogP contribution is 2.14. The predicted octanol–water partition coefficient (Wildman–Crippen LogP) is 2.62. The van der Waals surface area contributed by atoms with Crippen molar-refractivity contribution >= 4 is 0 Å². The maximum absolute atomic E-state index is 5.71. The summed E-state index contributed by atoms with van der Waals surface area (Å²) in [6.07, 6.45) is 5.72. The van der Waals surface area contributed by atoms with Gasteiger partial charge in [0.1, 0.15) is 6.61 Å². The predicted molar refractivity (Wildman–Crippen MR) is 82.1 cm³/mol. The van der Waals surface area contributed by atoms with Gasteiger partial charge in [-0.05, 0) is 51.4 Å². The largest absolute Gasteiger partial charge is 0.476 e. The number of nitrogens with one attached hydrogen (secondary N) is 1. The molecule has 0 aliphatic carbocycles. The van der Waals surface area contributed by atoms with Crippen LogP contribution in [0.4, 0.5) is 0 Å². The summed E-state index contributed by atoms with van der Waals surface area (Å²) in [5.41, 5.74) is 1.21. The zero-order chi connectivity index (χ0) is 14.2. The Bertz CT molecular complexity index is 374. The standard InChI is InChI=1S/C16H27N3O/c1-3-8-17-14(2)15-6-7-16(18-13-15)20-12-11-19-9-4-5-10-19/h6-7,13-14,17H,3-5,8-12H2,1-2H3. The summed E-state index contributed by atoms with van der Waals surface area (Å²) >= 11 is 0. The Morgan fingerprint density at radius 2 is 2.15 bits per heavy atom. The van der Waals surface area contributed by atoms with E-state index in [4.69, 9.17) is 4.74 Å². The van der Waals surface area contributed by atoms with E-state index in [1.165, 1.54) is 31.5 Å². The first kappa shape index (κ1) is 15.3. The molecule has 0 spiro atoms. The summed E-state index contributed by atoms with van der Waals surface area (Å²) in [6, 6.07) is 4.43. The summed E-state index contributed by atoms with van der Waals surface area (Å²) in [6.45, 7) is 9.56. The minimum absolute atomic E-state index is 0.348. The summed E-state index contributed by atoms with van der Waals surface area (Å²) in [5.74, 6) is 0.732. The fourth-order valence-corrected chi connectivity index (χ4v) is 2.50. The molecule has 20 heavy (non-hydrogen) atoms. The van der Waals surface area contributed by atoms with Crippen molar-refractivity contribution in [2.45, 2.75) is 39.2 Å². The van der Waals surface area contributed by atoms with Crippen molar-refractivity contribution in [3.8, 4) is 5.88 Å². The minimum Gasteiger partial charge on any atom is -0.476 e. The lowest BCUT2D eigenvalue weighted by Gasteiger charge is -2.15. The van der Waals surface area contributed by atoms with Crippen molar-refractivity contribution in [3.63, 3.8) is 0 Å². The van der Waals surface area contributed by atoms with Crippen LogP contribution in [-0.2, 0) is 0 Å². The molecule has 1 N–H and O–H groups in total. The summed E-state index contributed by atoms with van der Waals surface area (Å²) < 4.78 is 5.71. The van der Waals surface area contributed by atoms with E-state index in [1.54, 1.807) is 0 Å². The number of pyridine rings is 1. The molecule has 0 saturated carbocycles. The Morgan fingerprint density at radius 1 is 1.35 bits per heavy atom. The topological polar surface area (TPSA) is 37.4 Å². The lowest BCUT2D eigenvalue weighted by atomic mass is 10.1. The number of hydrogen-bond donors (Lipinski definition) is 1. The van der Waals surface area contributed by atoms with E-state index in [9.17, 15) is 0 Å². The van der Waals surface area contributed by atoms with E-state index in [2.05, 4.69) is 35.1 Å². The Kier molecular flexibility index (Phi) is 6.27. The molecule has 1 aliphatic heterocycles. The van der Waals surface area contributed by atoms with Crippen molar-refractivity contribution < 1.29 is 4.74 Å². The quantitative estimate of drug-likeness (QED) is 0.792. The third-order valence-electron chi connectivity index (χ3n) is 3.82. The van der Waals surface area contributed by atoms with Crippen LogP contribution in [0.1, 0.15) is 44.7 Å². The molecule has 1 aliphatic rings. The maximum Gasteiger partial charge on any atom is 0.213 e. The van der Waals surface area contributed by atoms with Crippen LogP contribution in [-0.4, -0.2) is 42.7 Å². The van der Waals surface area contributed by atoms with Gasteiger partial charge in [-0.15, -0.1) is 0 Å². The van der Waals surface area contributed by atoms with Gasteiger partial charge in [-0.25, -0.2) is 4.98 Å². The van der Waals surface area contributed by atoms with Gasteiger partial charge in [0, 0.05) is 24.8 Å². The first-order chi connectivity index (χ1) is 9.79.